The van der Waals surface area contributed by atoms with Crippen LogP contribution in [0.15, 0.2) is 206 Å². The summed E-state index contributed by atoms with van der Waals surface area (Å²) in [6.45, 7) is 4.70. The molecule has 55 heavy (non-hydrogen) atoms. The van der Waals surface area contributed by atoms with Crippen LogP contribution in [-0.4, -0.2) is 0 Å². The molecule has 1 aliphatic rings. The lowest BCUT2D eigenvalue weighted by Crippen LogP contribution is -2.16. The second kappa shape index (κ2) is 13.2. The van der Waals surface area contributed by atoms with E-state index in [4.69, 9.17) is 0 Å². The molecule has 0 bridgehead atoms. The van der Waals surface area contributed by atoms with Gasteiger partial charge in [0, 0.05) is 39.5 Å². The Morgan fingerprint density at radius 1 is 0.327 bits per heavy atom. The van der Waals surface area contributed by atoms with Crippen LogP contribution in [-0.2, 0) is 5.41 Å². The Balaban J connectivity index is 1.10. The summed E-state index contributed by atoms with van der Waals surface area (Å²) < 4.78 is 0. The quantitative estimate of drug-likeness (QED) is 0.152. The molecule has 0 N–H and O–H groups in total. The van der Waals surface area contributed by atoms with Gasteiger partial charge in [-0.05, 0) is 128 Å². The first kappa shape index (κ1) is 32.7. The molecule has 1 aliphatic carbocycles. The Kier molecular flexibility index (Phi) is 7.85. The predicted octanol–water partition coefficient (Wildman–Crippen LogP) is 14.9. The normalized spacial score (nSPS) is 12.7. The summed E-state index contributed by atoms with van der Waals surface area (Å²) in [5, 5.41) is 4.94. The Morgan fingerprint density at radius 3 is 1.55 bits per heavy atom. The van der Waals surface area contributed by atoms with Gasteiger partial charge in [0.15, 0.2) is 0 Å². The van der Waals surface area contributed by atoms with Gasteiger partial charge in [-0.25, -0.2) is 0 Å². The van der Waals surface area contributed by atoms with Crippen molar-refractivity contribution >= 4 is 55.7 Å². The molecular formula is C53H40N2. The molecule has 0 spiro atoms. The van der Waals surface area contributed by atoms with Crippen LogP contribution in [0.1, 0.15) is 25.0 Å². The smallest absolute Gasteiger partial charge is 0.0468 e. The lowest BCUT2D eigenvalue weighted by molar-refractivity contribution is 0.660. The zero-order chi connectivity index (χ0) is 36.9. The van der Waals surface area contributed by atoms with Crippen LogP contribution in [0.3, 0.4) is 0 Å². The highest BCUT2D eigenvalue weighted by molar-refractivity contribution is 6.15. The molecule has 0 atom stereocenters. The van der Waals surface area contributed by atoms with Gasteiger partial charge in [-0.15, -0.1) is 0 Å². The Morgan fingerprint density at radius 2 is 0.836 bits per heavy atom. The van der Waals surface area contributed by atoms with E-state index in [1.807, 2.05) is 0 Å². The van der Waals surface area contributed by atoms with Gasteiger partial charge in [0.25, 0.3) is 0 Å². The molecule has 0 unspecified atom stereocenters. The molecular weight excluding hydrogens is 665 g/mol. The van der Waals surface area contributed by atoms with Crippen molar-refractivity contribution < 1.29 is 0 Å². The summed E-state index contributed by atoms with van der Waals surface area (Å²) in [7, 11) is 0. The van der Waals surface area contributed by atoms with Crippen molar-refractivity contribution in [2.75, 3.05) is 9.80 Å². The lowest BCUT2D eigenvalue weighted by Gasteiger charge is -2.28. The molecule has 262 valence electrons. The van der Waals surface area contributed by atoms with Crippen LogP contribution in [0.5, 0.6) is 0 Å². The van der Waals surface area contributed by atoms with Crippen molar-refractivity contribution in [3.8, 4) is 22.3 Å². The first-order valence-electron chi connectivity index (χ1n) is 19.1. The third-order valence-corrected chi connectivity index (χ3v) is 11.4. The van der Waals surface area contributed by atoms with Gasteiger partial charge in [0.05, 0.1) is 0 Å². The van der Waals surface area contributed by atoms with E-state index in [-0.39, 0.29) is 5.41 Å². The molecule has 2 heteroatoms. The van der Waals surface area contributed by atoms with E-state index < -0.39 is 0 Å². The second-order valence-electron chi connectivity index (χ2n) is 15.0. The molecule has 0 heterocycles. The summed E-state index contributed by atoms with van der Waals surface area (Å²) in [4.78, 5) is 4.73. The largest absolute Gasteiger partial charge is 0.310 e. The van der Waals surface area contributed by atoms with Crippen molar-refractivity contribution in [2.24, 2.45) is 0 Å². The maximum atomic E-state index is 2.41. The maximum absolute atomic E-state index is 2.41. The van der Waals surface area contributed by atoms with Gasteiger partial charge in [-0.3, -0.25) is 0 Å². The molecule has 0 amide bonds. The predicted molar refractivity (Wildman–Crippen MR) is 234 cm³/mol. The summed E-state index contributed by atoms with van der Waals surface area (Å²) in [5.74, 6) is 0. The summed E-state index contributed by atoms with van der Waals surface area (Å²) in [6.07, 6.45) is 0. The van der Waals surface area contributed by atoms with Gasteiger partial charge >= 0.3 is 0 Å². The first-order valence-corrected chi connectivity index (χ1v) is 19.1. The van der Waals surface area contributed by atoms with Crippen LogP contribution in [0.25, 0.3) is 43.8 Å². The molecule has 0 radical (unpaired) electrons. The van der Waals surface area contributed by atoms with Crippen LogP contribution < -0.4 is 9.80 Å². The average Bonchev–Trinajstić information content (AvgIpc) is 3.47. The lowest BCUT2D eigenvalue weighted by atomic mass is 9.82. The Hall–Kier alpha value is -6.90. The van der Waals surface area contributed by atoms with E-state index in [1.165, 1.54) is 54.9 Å². The zero-order valence-corrected chi connectivity index (χ0v) is 31.0. The van der Waals surface area contributed by atoms with E-state index in [2.05, 4.69) is 230 Å². The minimum Gasteiger partial charge on any atom is -0.310 e. The van der Waals surface area contributed by atoms with Crippen molar-refractivity contribution in [3.05, 3.63) is 217 Å². The first-order chi connectivity index (χ1) is 27.0. The van der Waals surface area contributed by atoms with Gasteiger partial charge in [-0.1, -0.05) is 147 Å². The molecule has 0 saturated carbocycles. The van der Waals surface area contributed by atoms with E-state index in [9.17, 15) is 0 Å². The second-order valence-corrected chi connectivity index (χ2v) is 15.0. The number of rotatable bonds is 7. The fourth-order valence-electron chi connectivity index (χ4n) is 8.75. The fourth-order valence-corrected chi connectivity index (χ4v) is 8.75. The van der Waals surface area contributed by atoms with Crippen LogP contribution in [0.2, 0.25) is 0 Å². The molecule has 0 aliphatic heterocycles. The highest BCUT2D eigenvalue weighted by Crippen LogP contribution is 2.51. The van der Waals surface area contributed by atoms with Gasteiger partial charge in [0.2, 0.25) is 0 Å². The summed E-state index contributed by atoms with van der Waals surface area (Å²) >= 11 is 0. The Bertz CT molecular complexity index is 2800. The van der Waals surface area contributed by atoms with Gasteiger partial charge in [0.1, 0.15) is 0 Å². The minimum atomic E-state index is -0.0838. The van der Waals surface area contributed by atoms with Crippen molar-refractivity contribution in [1.29, 1.82) is 0 Å². The number of hydrogen-bond acceptors (Lipinski definition) is 2. The maximum Gasteiger partial charge on any atom is 0.0468 e. The fraction of sp³-hybridized carbons (Fsp3) is 0.0566. The molecule has 9 aromatic rings. The van der Waals surface area contributed by atoms with E-state index in [1.54, 1.807) is 0 Å². The molecule has 9 aromatic carbocycles. The standard InChI is InChI=1S/C53H40N2/c1-53(2)50-27-13-12-25-48(50)49-33-31-45(36-51(49)53)55(42-22-10-5-11-23-42)44-30-32-47-39(35-44)29-28-37-16-15-26-46(52(37)47)38-17-14-24-43(34-38)54(40-18-6-3-7-19-40)41-20-8-4-9-21-41/h3-36H,1-2H3. The number of para-hydroxylation sites is 3. The highest BCUT2D eigenvalue weighted by atomic mass is 15.1. The highest BCUT2D eigenvalue weighted by Gasteiger charge is 2.35. The van der Waals surface area contributed by atoms with Crippen LogP contribution in [0.4, 0.5) is 34.1 Å². The SMILES string of the molecule is CC1(C)c2ccccc2-c2ccc(N(c3ccccc3)c3ccc4c(ccc5cccc(-c6cccc(N(c7ccccc7)c7ccccc7)c6)c54)c3)cc21. The van der Waals surface area contributed by atoms with Gasteiger partial charge in [-0.2, -0.15) is 0 Å². The molecule has 0 fully saturated rings. The topological polar surface area (TPSA) is 6.48 Å². The van der Waals surface area contributed by atoms with E-state index in [0.717, 1.165) is 34.1 Å². The molecule has 10 rings (SSSR count). The van der Waals surface area contributed by atoms with Crippen molar-refractivity contribution in [3.63, 3.8) is 0 Å². The van der Waals surface area contributed by atoms with Gasteiger partial charge < -0.3 is 9.80 Å². The molecule has 0 saturated heterocycles. The van der Waals surface area contributed by atoms with Crippen molar-refractivity contribution in [1.82, 2.24) is 0 Å². The van der Waals surface area contributed by atoms with Crippen LogP contribution >= 0.6 is 0 Å². The number of nitrogens with zero attached hydrogens (tertiary/aromatic N) is 2. The third kappa shape index (κ3) is 5.57. The number of fused-ring (bicyclic) bond motifs is 6. The number of hydrogen-bond donors (Lipinski definition) is 0. The Labute approximate surface area is 323 Å². The average molecular weight is 705 g/mol. The van der Waals surface area contributed by atoms with Crippen molar-refractivity contribution in [2.45, 2.75) is 19.3 Å². The molecule has 0 aromatic heterocycles. The van der Waals surface area contributed by atoms with E-state index in [0.29, 0.717) is 0 Å². The van der Waals surface area contributed by atoms with E-state index >= 15 is 0 Å². The number of anilines is 6. The third-order valence-electron chi connectivity index (χ3n) is 11.4. The summed E-state index contributed by atoms with van der Waals surface area (Å²) in [6, 6.07) is 75.0. The van der Waals surface area contributed by atoms with Crippen LogP contribution in [0, 0.1) is 0 Å². The molecule has 2 nitrogen and oxygen atoms in total. The zero-order valence-electron chi connectivity index (χ0n) is 31.0. The minimum absolute atomic E-state index is 0.0838. The number of benzene rings is 9. The summed E-state index contributed by atoms with van der Waals surface area (Å²) in [5.41, 5.74) is 14.5. The monoisotopic (exact) mass is 704 g/mol.